The summed E-state index contributed by atoms with van der Waals surface area (Å²) in [4.78, 5) is 0.786. The maximum atomic E-state index is 12.7. The molecule has 1 aromatic carbocycles. The van der Waals surface area contributed by atoms with Crippen LogP contribution in [0.4, 0.5) is 0 Å². The molecule has 1 heterocycles. The Morgan fingerprint density at radius 1 is 1.05 bits per heavy atom. The van der Waals surface area contributed by atoms with E-state index in [4.69, 9.17) is 0 Å². The van der Waals surface area contributed by atoms with E-state index in [0.29, 0.717) is 4.88 Å². The summed E-state index contributed by atoms with van der Waals surface area (Å²) in [5, 5.41) is 0.832. The van der Waals surface area contributed by atoms with Crippen LogP contribution in [0.1, 0.15) is 10.1 Å². The van der Waals surface area contributed by atoms with E-state index in [1.807, 2.05) is 0 Å². The average Bonchev–Trinajstić information content (AvgIpc) is 2.92. The van der Waals surface area contributed by atoms with Crippen LogP contribution in [-0.2, 0) is 19.9 Å². The second-order valence-corrected chi connectivity index (χ2v) is 9.43. The third kappa shape index (κ3) is 4.13. The molecule has 0 saturated carbocycles. The van der Waals surface area contributed by atoms with Gasteiger partial charge in [0, 0.05) is 11.4 Å². The second-order valence-electron chi connectivity index (χ2n) is 4.48. The minimum absolute atomic E-state index is 0.179. The molecule has 0 aliphatic carbocycles. The standard InChI is InChI=1S/C13H15NO4S3/c1-20(15,16)14-10-13(12-8-5-9-19-12)21(17,18)11-6-3-2-4-7-11/h2-9,13-14H,10H2,1H3/t13-/m1/s1. The molecular formula is C13H15NO4S3. The Hall–Kier alpha value is -1.22. The number of nitrogens with one attached hydrogen (secondary N) is 1. The van der Waals surface area contributed by atoms with Gasteiger partial charge in [-0.25, -0.2) is 21.6 Å². The zero-order valence-corrected chi connectivity index (χ0v) is 13.7. The maximum absolute atomic E-state index is 12.7. The van der Waals surface area contributed by atoms with Gasteiger partial charge in [-0.1, -0.05) is 24.3 Å². The minimum Gasteiger partial charge on any atom is -0.223 e. The molecule has 0 spiro atoms. The highest BCUT2D eigenvalue weighted by molar-refractivity contribution is 7.92. The lowest BCUT2D eigenvalue weighted by Gasteiger charge is -2.16. The molecule has 2 rings (SSSR count). The number of sulfonamides is 1. The molecule has 0 aliphatic rings. The first-order valence-corrected chi connectivity index (χ1v) is 10.4. The van der Waals surface area contributed by atoms with E-state index < -0.39 is 25.1 Å². The molecule has 21 heavy (non-hydrogen) atoms. The van der Waals surface area contributed by atoms with Crippen molar-refractivity contribution in [2.45, 2.75) is 10.1 Å². The summed E-state index contributed by atoms with van der Waals surface area (Å²) >= 11 is 1.29. The van der Waals surface area contributed by atoms with Gasteiger partial charge in [0.2, 0.25) is 10.0 Å². The Bertz CT molecular complexity index is 781. The zero-order chi connectivity index (χ0) is 15.5. The molecule has 0 bridgehead atoms. The third-order valence-electron chi connectivity index (χ3n) is 2.84. The highest BCUT2D eigenvalue weighted by Crippen LogP contribution is 2.31. The smallest absolute Gasteiger partial charge is 0.208 e. The minimum atomic E-state index is -3.66. The molecule has 1 N–H and O–H groups in total. The van der Waals surface area contributed by atoms with Crippen molar-refractivity contribution in [3.8, 4) is 0 Å². The lowest BCUT2D eigenvalue weighted by Crippen LogP contribution is -2.30. The van der Waals surface area contributed by atoms with Crippen LogP contribution >= 0.6 is 11.3 Å². The Kier molecular flexibility index (Phi) is 4.82. The van der Waals surface area contributed by atoms with Crippen LogP contribution in [0, 0.1) is 0 Å². The zero-order valence-electron chi connectivity index (χ0n) is 11.3. The van der Waals surface area contributed by atoms with Crippen molar-refractivity contribution in [2.75, 3.05) is 12.8 Å². The first-order chi connectivity index (χ1) is 9.81. The summed E-state index contributed by atoms with van der Waals surface area (Å²) in [5.74, 6) is 0. The molecule has 1 aromatic heterocycles. The van der Waals surface area contributed by atoms with Gasteiger partial charge in [-0.2, -0.15) is 0 Å². The lowest BCUT2D eigenvalue weighted by atomic mass is 10.3. The normalized spacial score (nSPS) is 14.0. The number of hydrogen-bond acceptors (Lipinski definition) is 5. The Labute approximate surface area is 128 Å². The third-order valence-corrected chi connectivity index (χ3v) is 6.76. The van der Waals surface area contributed by atoms with Crippen LogP contribution in [0.15, 0.2) is 52.7 Å². The molecule has 0 amide bonds. The van der Waals surface area contributed by atoms with E-state index in [-0.39, 0.29) is 11.4 Å². The van der Waals surface area contributed by atoms with Gasteiger partial charge < -0.3 is 0 Å². The summed E-state index contributed by atoms with van der Waals surface area (Å²) in [7, 11) is -7.13. The van der Waals surface area contributed by atoms with Crippen LogP contribution in [0.25, 0.3) is 0 Å². The van der Waals surface area contributed by atoms with Crippen molar-refractivity contribution in [3.05, 3.63) is 52.7 Å². The van der Waals surface area contributed by atoms with E-state index in [9.17, 15) is 16.8 Å². The summed E-state index contributed by atoms with van der Waals surface area (Å²) in [6, 6.07) is 11.5. The number of benzene rings is 1. The van der Waals surface area contributed by atoms with Crippen molar-refractivity contribution in [2.24, 2.45) is 0 Å². The molecule has 114 valence electrons. The molecule has 0 saturated heterocycles. The van der Waals surface area contributed by atoms with Gasteiger partial charge in [-0.3, -0.25) is 0 Å². The quantitative estimate of drug-likeness (QED) is 0.866. The molecule has 0 aliphatic heterocycles. The molecular weight excluding hydrogens is 330 g/mol. The largest absolute Gasteiger partial charge is 0.223 e. The fourth-order valence-electron chi connectivity index (χ4n) is 1.84. The molecule has 2 aromatic rings. The number of sulfone groups is 1. The average molecular weight is 345 g/mol. The van der Waals surface area contributed by atoms with Crippen LogP contribution in [0.2, 0.25) is 0 Å². The van der Waals surface area contributed by atoms with Crippen molar-refractivity contribution in [1.29, 1.82) is 0 Å². The van der Waals surface area contributed by atoms with Crippen molar-refractivity contribution in [3.63, 3.8) is 0 Å². The van der Waals surface area contributed by atoms with Gasteiger partial charge in [-0.15, -0.1) is 11.3 Å². The van der Waals surface area contributed by atoms with Crippen LogP contribution in [0.5, 0.6) is 0 Å². The Morgan fingerprint density at radius 3 is 2.24 bits per heavy atom. The summed E-state index contributed by atoms with van der Waals surface area (Å²) < 4.78 is 50.3. The van der Waals surface area contributed by atoms with E-state index in [1.54, 1.807) is 35.7 Å². The van der Waals surface area contributed by atoms with Crippen LogP contribution < -0.4 is 4.72 Å². The SMILES string of the molecule is CS(=O)(=O)NC[C@H](c1cccs1)S(=O)(=O)c1ccccc1. The fraction of sp³-hybridized carbons (Fsp3) is 0.231. The van der Waals surface area contributed by atoms with E-state index >= 15 is 0 Å². The fourth-order valence-corrected chi connectivity index (χ4v) is 5.22. The van der Waals surface area contributed by atoms with Crippen LogP contribution in [-0.4, -0.2) is 29.6 Å². The second kappa shape index (κ2) is 6.27. The molecule has 8 heteroatoms. The number of hydrogen-bond donors (Lipinski definition) is 1. The van der Waals surface area contributed by atoms with Gasteiger partial charge in [-0.05, 0) is 23.6 Å². The van der Waals surface area contributed by atoms with E-state index in [1.165, 1.54) is 23.5 Å². The van der Waals surface area contributed by atoms with Gasteiger partial charge >= 0.3 is 0 Å². The number of thiophene rings is 1. The highest BCUT2D eigenvalue weighted by Gasteiger charge is 2.30. The predicted molar refractivity (Wildman–Crippen MR) is 83.5 cm³/mol. The highest BCUT2D eigenvalue weighted by atomic mass is 32.2. The number of rotatable bonds is 6. The maximum Gasteiger partial charge on any atom is 0.208 e. The lowest BCUT2D eigenvalue weighted by molar-refractivity contribution is 0.572. The molecule has 0 fully saturated rings. The van der Waals surface area contributed by atoms with Gasteiger partial charge in [0.15, 0.2) is 9.84 Å². The van der Waals surface area contributed by atoms with Gasteiger partial charge in [0.05, 0.1) is 11.2 Å². The summed E-state index contributed by atoms with van der Waals surface area (Å²) in [5.41, 5.74) is 0. The monoisotopic (exact) mass is 345 g/mol. The molecule has 0 radical (unpaired) electrons. The Morgan fingerprint density at radius 2 is 1.71 bits per heavy atom. The van der Waals surface area contributed by atoms with Crippen molar-refractivity contribution >= 4 is 31.2 Å². The Balaban J connectivity index is 2.40. The van der Waals surface area contributed by atoms with Crippen molar-refractivity contribution in [1.82, 2.24) is 4.72 Å². The molecule has 1 atom stereocenters. The van der Waals surface area contributed by atoms with E-state index in [0.717, 1.165) is 6.26 Å². The predicted octanol–water partition coefficient (Wildman–Crippen LogP) is 1.81. The van der Waals surface area contributed by atoms with Crippen LogP contribution in [0.3, 0.4) is 0 Å². The van der Waals surface area contributed by atoms with E-state index in [2.05, 4.69) is 4.72 Å². The first-order valence-electron chi connectivity index (χ1n) is 6.08. The van der Waals surface area contributed by atoms with Crippen molar-refractivity contribution < 1.29 is 16.8 Å². The first kappa shape index (κ1) is 16.2. The van der Waals surface area contributed by atoms with Gasteiger partial charge in [0.25, 0.3) is 0 Å². The van der Waals surface area contributed by atoms with Gasteiger partial charge in [0.1, 0.15) is 5.25 Å². The molecule has 0 unspecified atom stereocenters. The summed E-state index contributed by atoms with van der Waals surface area (Å²) in [6.45, 7) is -0.184. The topological polar surface area (TPSA) is 80.3 Å². The summed E-state index contributed by atoms with van der Waals surface area (Å²) in [6.07, 6.45) is 1.01. The molecule has 5 nitrogen and oxygen atoms in total.